The molecule has 0 aliphatic carbocycles. The van der Waals surface area contributed by atoms with E-state index < -0.39 is 6.67 Å². The smallest absolute Gasteiger partial charge is 0.143 e. The number of anilines is 2. The van der Waals surface area contributed by atoms with Gasteiger partial charge in [-0.15, -0.1) is 0 Å². The Balaban J connectivity index is 1.62. The lowest BCUT2D eigenvalue weighted by molar-refractivity contribution is 0.289. The first kappa shape index (κ1) is 16.3. The van der Waals surface area contributed by atoms with Crippen molar-refractivity contribution in [1.82, 2.24) is 19.5 Å². The molecule has 0 spiro atoms. The third-order valence-electron chi connectivity index (χ3n) is 4.17. The molecule has 0 saturated carbocycles. The maximum Gasteiger partial charge on any atom is 0.143 e. The molecule has 26 heavy (non-hydrogen) atoms. The summed E-state index contributed by atoms with van der Waals surface area (Å²) in [6.45, 7) is -0.0638. The molecular formula is C19H18FN5O. The summed E-state index contributed by atoms with van der Waals surface area (Å²) in [6, 6.07) is 7.75. The van der Waals surface area contributed by atoms with E-state index in [0.29, 0.717) is 24.6 Å². The van der Waals surface area contributed by atoms with Gasteiger partial charge < -0.3 is 14.6 Å². The van der Waals surface area contributed by atoms with E-state index in [2.05, 4.69) is 15.3 Å². The number of nitrogens with zero attached hydrogens (tertiary/aromatic N) is 4. The van der Waals surface area contributed by atoms with Crippen LogP contribution in [0.25, 0.3) is 21.9 Å². The molecule has 0 aromatic carbocycles. The van der Waals surface area contributed by atoms with E-state index in [1.807, 2.05) is 42.1 Å². The van der Waals surface area contributed by atoms with Gasteiger partial charge in [0.1, 0.15) is 17.2 Å². The predicted octanol–water partition coefficient (Wildman–Crippen LogP) is 4.00. The van der Waals surface area contributed by atoms with Gasteiger partial charge >= 0.3 is 0 Å². The van der Waals surface area contributed by atoms with E-state index in [1.165, 1.54) is 0 Å². The molecule has 6 nitrogen and oxygen atoms in total. The molecule has 1 N–H and O–H groups in total. The molecule has 7 heteroatoms. The van der Waals surface area contributed by atoms with E-state index in [0.717, 1.165) is 27.6 Å². The fraction of sp³-hybridized carbons (Fsp3) is 0.211. The van der Waals surface area contributed by atoms with Crippen LogP contribution >= 0.6 is 0 Å². The van der Waals surface area contributed by atoms with Crippen molar-refractivity contribution in [3.8, 4) is 5.75 Å². The number of aryl methyl sites for hydroxylation is 1. The van der Waals surface area contributed by atoms with E-state index in [4.69, 9.17) is 9.72 Å². The van der Waals surface area contributed by atoms with Crippen LogP contribution in [-0.4, -0.2) is 32.8 Å². The monoisotopic (exact) mass is 351 g/mol. The van der Waals surface area contributed by atoms with Crippen molar-refractivity contribution in [2.45, 2.75) is 6.42 Å². The molecule has 0 bridgehead atoms. The average Bonchev–Trinajstić information content (AvgIpc) is 2.95. The summed E-state index contributed by atoms with van der Waals surface area (Å²) in [5.74, 6) is 1.30. The highest BCUT2D eigenvalue weighted by molar-refractivity contribution is 6.06. The van der Waals surface area contributed by atoms with Crippen molar-refractivity contribution >= 4 is 33.4 Å². The zero-order valence-corrected chi connectivity index (χ0v) is 14.3. The highest BCUT2D eigenvalue weighted by Crippen LogP contribution is 2.28. The molecule has 0 amide bonds. The number of nitrogens with one attached hydrogen (secondary N) is 1. The van der Waals surface area contributed by atoms with Crippen molar-refractivity contribution in [1.29, 1.82) is 0 Å². The number of alkyl halides is 1. The van der Waals surface area contributed by atoms with E-state index in [-0.39, 0.29) is 0 Å². The lowest BCUT2D eigenvalue weighted by Gasteiger charge is -2.09. The van der Waals surface area contributed by atoms with Crippen LogP contribution in [0.3, 0.4) is 0 Å². The van der Waals surface area contributed by atoms with E-state index in [1.54, 1.807) is 18.6 Å². The summed E-state index contributed by atoms with van der Waals surface area (Å²) in [7, 11) is 1.99. The van der Waals surface area contributed by atoms with Crippen LogP contribution in [0.4, 0.5) is 15.9 Å². The fourth-order valence-corrected chi connectivity index (χ4v) is 2.94. The van der Waals surface area contributed by atoms with Crippen molar-refractivity contribution < 1.29 is 9.13 Å². The van der Waals surface area contributed by atoms with Crippen molar-refractivity contribution in [2.24, 2.45) is 7.05 Å². The van der Waals surface area contributed by atoms with Gasteiger partial charge in [0.25, 0.3) is 0 Å². The minimum atomic E-state index is -0.393. The van der Waals surface area contributed by atoms with Crippen LogP contribution in [0, 0.1) is 0 Å². The third-order valence-corrected chi connectivity index (χ3v) is 4.17. The highest BCUT2D eigenvalue weighted by Gasteiger charge is 2.10. The second-order valence-electron chi connectivity index (χ2n) is 5.94. The predicted molar refractivity (Wildman–Crippen MR) is 99.6 cm³/mol. The number of pyridine rings is 3. The molecular weight excluding hydrogens is 333 g/mol. The van der Waals surface area contributed by atoms with Gasteiger partial charge in [-0.2, -0.15) is 0 Å². The van der Waals surface area contributed by atoms with E-state index >= 15 is 0 Å². The Hall–Kier alpha value is -3.22. The molecule has 0 aliphatic heterocycles. The molecule has 4 aromatic rings. The molecule has 0 atom stereocenters. The first-order valence-corrected chi connectivity index (χ1v) is 8.36. The summed E-state index contributed by atoms with van der Waals surface area (Å²) < 4.78 is 19.7. The van der Waals surface area contributed by atoms with Crippen LogP contribution in [0.15, 0.2) is 49.1 Å². The summed E-state index contributed by atoms with van der Waals surface area (Å²) in [6.07, 6.45) is 7.30. The number of hydrogen-bond acceptors (Lipinski definition) is 5. The Morgan fingerprint density at radius 2 is 2.04 bits per heavy atom. The minimum Gasteiger partial charge on any atom is -0.492 e. The Morgan fingerprint density at radius 1 is 1.12 bits per heavy atom. The lowest BCUT2D eigenvalue weighted by atomic mass is 10.2. The Labute approximate surface area is 149 Å². The molecule has 4 heterocycles. The van der Waals surface area contributed by atoms with Gasteiger partial charge in [-0.05, 0) is 18.2 Å². The Morgan fingerprint density at radius 3 is 2.92 bits per heavy atom. The zero-order valence-electron chi connectivity index (χ0n) is 14.3. The van der Waals surface area contributed by atoms with Crippen LogP contribution in [0.2, 0.25) is 0 Å². The normalized spacial score (nSPS) is 11.2. The van der Waals surface area contributed by atoms with Crippen molar-refractivity contribution in [3.63, 3.8) is 0 Å². The molecule has 0 unspecified atom stereocenters. The average molecular weight is 351 g/mol. The number of aromatic nitrogens is 4. The summed E-state index contributed by atoms with van der Waals surface area (Å²) in [4.78, 5) is 13.1. The maximum atomic E-state index is 12.2. The number of fused-ring (bicyclic) bond motifs is 3. The number of rotatable bonds is 6. The SMILES string of the molecule is Cn1c2ccncc2c2ccc(Nc3cncc(OCCCF)c3)nc21. The Kier molecular flexibility index (Phi) is 4.35. The summed E-state index contributed by atoms with van der Waals surface area (Å²) in [5.41, 5.74) is 2.72. The van der Waals surface area contributed by atoms with Crippen molar-refractivity contribution in [2.75, 3.05) is 18.6 Å². The van der Waals surface area contributed by atoms with Gasteiger partial charge in [-0.1, -0.05) is 0 Å². The molecule has 0 fully saturated rings. The first-order chi connectivity index (χ1) is 12.8. The highest BCUT2D eigenvalue weighted by atomic mass is 19.1. The molecule has 0 radical (unpaired) electrons. The van der Waals surface area contributed by atoms with Crippen molar-refractivity contribution in [3.05, 3.63) is 49.1 Å². The summed E-state index contributed by atoms with van der Waals surface area (Å²) in [5, 5.41) is 5.38. The first-order valence-electron chi connectivity index (χ1n) is 8.36. The van der Waals surface area contributed by atoms with Gasteiger partial charge in [0.05, 0.1) is 36.9 Å². The molecule has 132 valence electrons. The maximum absolute atomic E-state index is 12.2. The topological polar surface area (TPSA) is 64.9 Å². The van der Waals surface area contributed by atoms with Gasteiger partial charge in [-0.3, -0.25) is 14.4 Å². The zero-order chi connectivity index (χ0) is 17.9. The van der Waals surface area contributed by atoms with Crippen LogP contribution in [0.5, 0.6) is 5.75 Å². The van der Waals surface area contributed by atoms with Crippen LogP contribution in [0.1, 0.15) is 6.42 Å². The van der Waals surface area contributed by atoms with Crippen LogP contribution < -0.4 is 10.1 Å². The Bertz CT molecular complexity index is 1060. The molecule has 0 aliphatic rings. The van der Waals surface area contributed by atoms with Gasteiger partial charge in [0.15, 0.2) is 0 Å². The minimum absolute atomic E-state index is 0.329. The quantitative estimate of drug-likeness (QED) is 0.532. The molecule has 0 saturated heterocycles. The standard InChI is InChI=1S/C19H18FN5O/c1-25-17-5-7-21-12-16(17)15-3-4-18(24-19(15)25)23-13-9-14(11-22-10-13)26-8-2-6-20/h3-5,7,9-12H,2,6,8H2,1H3,(H,23,24). The van der Waals surface area contributed by atoms with E-state index in [9.17, 15) is 4.39 Å². The van der Waals surface area contributed by atoms with Gasteiger partial charge in [-0.25, -0.2) is 4.98 Å². The number of halogens is 1. The number of ether oxygens (including phenoxy) is 1. The molecule has 4 rings (SSSR count). The largest absolute Gasteiger partial charge is 0.492 e. The second kappa shape index (κ2) is 6.95. The van der Waals surface area contributed by atoms with Gasteiger partial charge in [0.2, 0.25) is 0 Å². The summed E-state index contributed by atoms with van der Waals surface area (Å²) >= 11 is 0. The third kappa shape index (κ3) is 3.03. The lowest BCUT2D eigenvalue weighted by Crippen LogP contribution is -2.00. The van der Waals surface area contributed by atoms with Gasteiger partial charge in [0, 0.05) is 42.7 Å². The fourth-order valence-electron chi connectivity index (χ4n) is 2.94. The molecule has 4 aromatic heterocycles. The second-order valence-corrected chi connectivity index (χ2v) is 5.94. The number of hydrogen-bond donors (Lipinski definition) is 1. The van der Waals surface area contributed by atoms with Crippen LogP contribution in [-0.2, 0) is 7.05 Å².